The molecule has 6 heteroatoms. The lowest BCUT2D eigenvalue weighted by Gasteiger charge is -2.04. The Labute approximate surface area is 119 Å². The van der Waals surface area contributed by atoms with Gasteiger partial charge < -0.3 is 15.4 Å². The first-order valence-electron chi connectivity index (χ1n) is 6.06. The molecule has 0 fully saturated rings. The molecule has 0 aliphatic rings. The van der Waals surface area contributed by atoms with Crippen LogP contribution in [0, 0.1) is 0 Å². The molecule has 2 aromatic rings. The summed E-state index contributed by atoms with van der Waals surface area (Å²) >= 11 is 0. The molecule has 0 unspecified atom stereocenters. The van der Waals surface area contributed by atoms with E-state index in [0.717, 1.165) is 6.08 Å². The number of carbonyl (C=O) groups excluding carboxylic acids is 1. The number of pyridine rings is 1. The molecular formula is C15H12N2O4. The van der Waals surface area contributed by atoms with Gasteiger partial charge in [-0.1, -0.05) is 12.1 Å². The zero-order chi connectivity index (χ0) is 15.2. The van der Waals surface area contributed by atoms with E-state index in [9.17, 15) is 14.4 Å². The van der Waals surface area contributed by atoms with Crippen molar-refractivity contribution in [3.63, 3.8) is 0 Å². The fourth-order valence-electron chi connectivity index (χ4n) is 1.64. The van der Waals surface area contributed by atoms with Gasteiger partial charge >= 0.3 is 5.97 Å². The molecular weight excluding hydrogens is 272 g/mol. The van der Waals surface area contributed by atoms with Crippen LogP contribution >= 0.6 is 0 Å². The molecule has 0 saturated heterocycles. The van der Waals surface area contributed by atoms with E-state index in [1.165, 1.54) is 18.3 Å². The minimum absolute atomic E-state index is 0.0207. The normalized spacial score (nSPS) is 10.5. The van der Waals surface area contributed by atoms with Crippen LogP contribution in [-0.2, 0) is 4.79 Å². The van der Waals surface area contributed by atoms with Crippen LogP contribution in [0.5, 0.6) is 0 Å². The summed E-state index contributed by atoms with van der Waals surface area (Å²) in [4.78, 5) is 36.2. The first kappa shape index (κ1) is 14.3. The molecule has 1 amide bonds. The summed E-state index contributed by atoms with van der Waals surface area (Å²) in [6.45, 7) is 0. The van der Waals surface area contributed by atoms with Crippen molar-refractivity contribution >= 4 is 23.6 Å². The highest BCUT2D eigenvalue weighted by molar-refractivity contribution is 6.04. The summed E-state index contributed by atoms with van der Waals surface area (Å²) in [6.07, 6.45) is 3.91. The molecule has 0 radical (unpaired) electrons. The van der Waals surface area contributed by atoms with Crippen molar-refractivity contribution in [2.45, 2.75) is 0 Å². The monoisotopic (exact) mass is 284 g/mol. The number of amides is 1. The molecule has 0 bridgehead atoms. The van der Waals surface area contributed by atoms with Crippen LogP contribution in [0.15, 0.2) is 53.5 Å². The predicted molar refractivity (Wildman–Crippen MR) is 78.1 cm³/mol. The number of carboxylic acid groups (broad SMARTS) is 1. The number of H-pyrrole nitrogens is 1. The van der Waals surface area contributed by atoms with E-state index in [4.69, 9.17) is 5.11 Å². The average molecular weight is 284 g/mol. The van der Waals surface area contributed by atoms with Gasteiger partial charge in [0.1, 0.15) is 5.56 Å². The molecule has 0 atom stereocenters. The van der Waals surface area contributed by atoms with Crippen LogP contribution in [0.25, 0.3) is 6.08 Å². The number of rotatable bonds is 4. The molecule has 2 rings (SSSR count). The van der Waals surface area contributed by atoms with Gasteiger partial charge in [-0.15, -0.1) is 0 Å². The molecule has 1 aromatic carbocycles. The first-order chi connectivity index (χ1) is 10.1. The third-order valence-corrected chi connectivity index (χ3v) is 2.65. The fraction of sp³-hybridized carbons (Fsp3) is 0. The number of aliphatic carboxylic acids is 1. The Morgan fingerprint density at radius 1 is 1.14 bits per heavy atom. The number of hydrogen-bond acceptors (Lipinski definition) is 3. The van der Waals surface area contributed by atoms with Gasteiger partial charge in [0.05, 0.1) is 0 Å². The molecule has 0 saturated carbocycles. The Balaban J connectivity index is 2.10. The molecule has 6 nitrogen and oxygen atoms in total. The maximum atomic E-state index is 11.9. The van der Waals surface area contributed by atoms with E-state index >= 15 is 0 Å². The zero-order valence-electron chi connectivity index (χ0n) is 10.9. The maximum Gasteiger partial charge on any atom is 0.328 e. The smallest absolute Gasteiger partial charge is 0.328 e. The first-order valence-corrected chi connectivity index (χ1v) is 6.06. The Morgan fingerprint density at radius 2 is 1.86 bits per heavy atom. The second-order valence-corrected chi connectivity index (χ2v) is 4.16. The Morgan fingerprint density at radius 3 is 2.48 bits per heavy atom. The number of hydrogen-bond donors (Lipinski definition) is 3. The average Bonchev–Trinajstić information content (AvgIpc) is 2.47. The van der Waals surface area contributed by atoms with Crippen LogP contribution in [0.4, 0.5) is 5.69 Å². The van der Waals surface area contributed by atoms with Crippen LogP contribution in [0.3, 0.4) is 0 Å². The molecule has 1 aromatic heterocycles. The SMILES string of the molecule is O=C(O)C=Cc1ccc(NC(=O)c2ccc[nH]c2=O)cc1. The number of anilines is 1. The summed E-state index contributed by atoms with van der Waals surface area (Å²) in [5, 5.41) is 11.1. The van der Waals surface area contributed by atoms with Gasteiger partial charge in [-0.2, -0.15) is 0 Å². The lowest BCUT2D eigenvalue weighted by atomic mass is 10.2. The molecule has 0 aliphatic carbocycles. The minimum Gasteiger partial charge on any atom is -0.478 e. The highest BCUT2D eigenvalue weighted by Crippen LogP contribution is 2.11. The number of carboxylic acids is 1. The highest BCUT2D eigenvalue weighted by Gasteiger charge is 2.09. The van der Waals surface area contributed by atoms with E-state index in [-0.39, 0.29) is 5.56 Å². The van der Waals surface area contributed by atoms with Gasteiger partial charge in [0, 0.05) is 18.0 Å². The topological polar surface area (TPSA) is 99.3 Å². The molecule has 3 N–H and O–H groups in total. The van der Waals surface area contributed by atoms with Crippen molar-refractivity contribution in [1.29, 1.82) is 0 Å². The van der Waals surface area contributed by atoms with Crippen molar-refractivity contribution in [2.24, 2.45) is 0 Å². The van der Waals surface area contributed by atoms with E-state index in [2.05, 4.69) is 10.3 Å². The van der Waals surface area contributed by atoms with E-state index < -0.39 is 17.4 Å². The van der Waals surface area contributed by atoms with Crippen LogP contribution in [0.1, 0.15) is 15.9 Å². The number of nitrogens with one attached hydrogen (secondary N) is 2. The molecule has 21 heavy (non-hydrogen) atoms. The van der Waals surface area contributed by atoms with Gasteiger partial charge in [-0.25, -0.2) is 4.79 Å². The molecule has 106 valence electrons. The summed E-state index contributed by atoms with van der Waals surface area (Å²) in [5.41, 5.74) is 0.757. The number of carbonyl (C=O) groups is 2. The van der Waals surface area contributed by atoms with Crippen molar-refractivity contribution in [3.8, 4) is 0 Å². The van der Waals surface area contributed by atoms with Gasteiger partial charge in [-0.3, -0.25) is 9.59 Å². The van der Waals surface area contributed by atoms with Gasteiger partial charge in [0.2, 0.25) is 0 Å². The van der Waals surface area contributed by atoms with Gasteiger partial charge in [-0.05, 0) is 35.9 Å². The minimum atomic E-state index is -1.03. The highest BCUT2D eigenvalue weighted by atomic mass is 16.4. The third kappa shape index (κ3) is 3.90. The van der Waals surface area contributed by atoms with E-state index in [0.29, 0.717) is 11.3 Å². The molecule has 0 aliphatic heterocycles. The molecule has 1 heterocycles. The van der Waals surface area contributed by atoms with Crippen molar-refractivity contribution in [3.05, 3.63) is 70.2 Å². The van der Waals surface area contributed by atoms with Crippen molar-refractivity contribution in [1.82, 2.24) is 4.98 Å². The van der Waals surface area contributed by atoms with Crippen molar-refractivity contribution < 1.29 is 14.7 Å². The number of aromatic nitrogens is 1. The van der Waals surface area contributed by atoms with Crippen LogP contribution in [-0.4, -0.2) is 22.0 Å². The second kappa shape index (κ2) is 6.33. The summed E-state index contributed by atoms with van der Waals surface area (Å²) in [6, 6.07) is 9.55. The van der Waals surface area contributed by atoms with Gasteiger partial charge in [0.25, 0.3) is 11.5 Å². The van der Waals surface area contributed by atoms with Crippen LogP contribution in [0.2, 0.25) is 0 Å². The lowest BCUT2D eigenvalue weighted by molar-refractivity contribution is -0.131. The Kier molecular flexibility index (Phi) is 4.30. The van der Waals surface area contributed by atoms with Gasteiger partial charge in [0.15, 0.2) is 0 Å². The standard InChI is InChI=1S/C15H12N2O4/c18-13(19)8-5-10-3-6-11(7-4-10)17-15(21)12-2-1-9-16-14(12)20/h1-9H,(H,16,20)(H,17,21)(H,18,19). The third-order valence-electron chi connectivity index (χ3n) is 2.65. The van der Waals surface area contributed by atoms with E-state index in [1.807, 2.05) is 0 Å². The lowest BCUT2D eigenvalue weighted by Crippen LogP contribution is -2.22. The maximum absolute atomic E-state index is 11.9. The summed E-state index contributed by atoms with van der Waals surface area (Å²) in [5.74, 6) is -1.54. The predicted octanol–water partition coefficient (Wildman–Crippen LogP) is 1.72. The van der Waals surface area contributed by atoms with Crippen LogP contribution < -0.4 is 10.9 Å². The van der Waals surface area contributed by atoms with E-state index in [1.54, 1.807) is 30.3 Å². The Bertz CT molecular complexity index is 745. The number of benzene rings is 1. The number of aromatic amines is 1. The zero-order valence-corrected chi connectivity index (χ0v) is 10.9. The fourth-order valence-corrected chi connectivity index (χ4v) is 1.64. The van der Waals surface area contributed by atoms with Crippen molar-refractivity contribution in [2.75, 3.05) is 5.32 Å². The summed E-state index contributed by atoms with van der Waals surface area (Å²) in [7, 11) is 0. The largest absolute Gasteiger partial charge is 0.478 e. The second-order valence-electron chi connectivity index (χ2n) is 4.16. The Hall–Kier alpha value is -3.15. The summed E-state index contributed by atoms with van der Waals surface area (Å²) < 4.78 is 0. The quantitative estimate of drug-likeness (QED) is 0.744. The molecule has 0 spiro atoms.